The second-order valence-corrected chi connectivity index (χ2v) is 5.57. The predicted molar refractivity (Wildman–Crippen MR) is 75.2 cm³/mol. The largest absolute Gasteiger partial charge is 0.469 e. The summed E-state index contributed by atoms with van der Waals surface area (Å²) in [6.45, 7) is 8.14. The standard InChI is InChI=1S/C14H20ClNO2/c1-9-6-10(2)12(11(15)7-9)16-8-14(3,4)13(17)18-5/h6-7,16H,8H2,1-5H3. The number of hydrogen-bond donors (Lipinski definition) is 1. The topological polar surface area (TPSA) is 38.3 Å². The van der Waals surface area contributed by atoms with E-state index >= 15 is 0 Å². The fourth-order valence-electron chi connectivity index (χ4n) is 1.80. The van der Waals surface area contributed by atoms with Gasteiger partial charge in [-0.3, -0.25) is 4.79 Å². The minimum atomic E-state index is -0.588. The molecule has 0 heterocycles. The van der Waals surface area contributed by atoms with Crippen molar-refractivity contribution in [2.24, 2.45) is 5.41 Å². The highest BCUT2D eigenvalue weighted by Gasteiger charge is 2.28. The lowest BCUT2D eigenvalue weighted by Gasteiger charge is -2.23. The van der Waals surface area contributed by atoms with Crippen LogP contribution in [0.15, 0.2) is 12.1 Å². The molecule has 100 valence electrons. The summed E-state index contributed by atoms with van der Waals surface area (Å²) >= 11 is 6.20. The van der Waals surface area contributed by atoms with E-state index in [2.05, 4.69) is 11.4 Å². The van der Waals surface area contributed by atoms with Crippen molar-refractivity contribution in [3.63, 3.8) is 0 Å². The van der Waals surface area contributed by atoms with Gasteiger partial charge in [-0.2, -0.15) is 0 Å². The van der Waals surface area contributed by atoms with Crippen LogP contribution in [0.5, 0.6) is 0 Å². The van der Waals surface area contributed by atoms with Crippen LogP contribution in [0.1, 0.15) is 25.0 Å². The van der Waals surface area contributed by atoms with E-state index < -0.39 is 5.41 Å². The van der Waals surface area contributed by atoms with Crippen LogP contribution < -0.4 is 5.32 Å². The van der Waals surface area contributed by atoms with E-state index in [1.165, 1.54) is 7.11 Å². The van der Waals surface area contributed by atoms with Gasteiger partial charge in [-0.1, -0.05) is 17.7 Å². The van der Waals surface area contributed by atoms with Crippen LogP contribution in [0.4, 0.5) is 5.69 Å². The molecule has 1 aromatic carbocycles. The molecule has 0 aliphatic heterocycles. The molecule has 1 N–H and O–H groups in total. The van der Waals surface area contributed by atoms with Crippen LogP contribution in [0.3, 0.4) is 0 Å². The minimum absolute atomic E-state index is 0.240. The predicted octanol–water partition coefficient (Wildman–Crippen LogP) is 3.57. The van der Waals surface area contributed by atoms with Gasteiger partial charge in [0.2, 0.25) is 0 Å². The maximum Gasteiger partial charge on any atom is 0.313 e. The summed E-state index contributed by atoms with van der Waals surface area (Å²) in [5.41, 5.74) is 2.48. The van der Waals surface area contributed by atoms with Crippen molar-refractivity contribution in [3.05, 3.63) is 28.3 Å². The molecule has 0 unspecified atom stereocenters. The Morgan fingerprint density at radius 2 is 2.00 bits per heavy atom. The fourth-order valence-corrected chi connectivity index (χ4v) is 2.19. The normalized spacial score (nSPS) is 11.2. The number of carbonyl (C=O) groups excluding carboxylic acids is 1. The van der Waals surface area contributed by atoms with Gasteiger partial charge < -0.3 is 10.1 Å². The number of esters is 1. The van der Waals surface area contributed by atoms with Gasteiger partial charge >= 0.3 is 5.97 Å². The quantitative estimate of drug-likeness (QED) is 0.850. The first kappa shape index (κ1) is 14.8. The van der Waals surface area contributed by atoms with Gasteiger partial charge in [0, 0.05) is 6.54 Å². The first-order valence-electron chi connectivity index (χ1n) is 5.87. The lowest BCUT2D eigenvalue weighted by Crippen LogP contribution is -2.33. The summed E-state index contributed by atoms with van der Waals surface area (Å²) in [5, 5.41) is 3.91. The first-order valence-corrected chi connectivity index (χ1v) is 6.25. The van der Waals surface area contributed by atoms with Crippen molar-refractivity contribution >= 4 is 23.3 Å². The number of aryl methyl sites for hydroxylation is 2. The highest BCUT2D eigenvalue weighted by molar-refractivity contribution is 6.33. The maximum atomic E-state index is 11.6. The van der Waals surface area contributed by atoms with E-state index in [9.17, 15) is 4.79 Å². The molecule has 1 rings (SSSR count). The van der Waals surface area contributed by atoms with Crippen molar-refractivity contribution < 1.29 is 9.53 Å². The Hall–Kier alpha value is -1.22. The molecule has 0 saturated heterocycles. The highest BCUT2D eigenvalue weighted by Crippen LogP contribution is 2.29. The molecule has 0 aliphatic carbocycles. The number of carbonyl (C=O) groups is 1. The van der Waals surface area contributed by atoms with Crippen molar-refractivity contribution in [2.75, 3.05) is 19.0 Å². The Bertz CT molecular complexity index is 432. The smallest absolute Gasteiger partial charge is 0.313 e. The number of benzene rings is 1. The van der Waals surface area contributed by atoms with Gasteiger partial charge in [-0.15, -0.1) is 0 Å². The summed E-state index contributed by atoms with van der Waals surface area (Å²) in [6.07, 6.45) is 0. The monoisotopic (exact) mass is 269 g/mol. The zero-order valence-electron chi connectivity index (χ0n) is 11.6. The zero-order valence-corrected chi connectivity index (χ0v) is 12.3. The third kappa shape index (κ3) is 3.39. The minimum Gasteiger partial charge on any atom is -0.469 e. The number of nitrogens with one attached hydrogen (secondary N) is 1. The van der Waals surface area contributed by atoms with Crippen LogP contribution in [0, 0.1) is 19.3 Å². The molecule has 0 amide bonds. The van der Waals surface area contributed by atoms with Gasteiger partial charge in [0.25, 0.3) is 0 Å². The Kier molecular flexibility index (Phi) is 4.63. The summed E-state index contributed by atoms with van der Waals surface area (Å²) in [6, 6.07) is 3.96. The Morgan fingerprint density at radius 3 is 2.50 bits per heavy atom. The molecule has 0 aliphatic rings. The van der Waals surface area contributed by atoms with Gasteiger partial charge in [-0.05, 0) is 44.9 Å². The Labute approximate surface area is 113 Å². The maximum absolute atomic E-state index is 11.6. The van der Waals surface area contributed by atoms with Gasteiger partial charge in [-0.25, -0.2) is 0 Å². The van der Waals surface area contributed by atoms with E-state index in [4.69, 9.17) is 16.3 Å². The molecule has 18 heavy (non-hydrogen) atoms. The van der Waals surface area contributed by atoms with Crippen LogP contribution in [-0.2, 0) is 9.53 Å². The number of anilines is 1. The van der Waals surface area contributed by atoms with Gasteiger partial charge in [0.1, 0.15) is 0 Å². The molecule has 1 aromatic rings. The van der Waals surface area contributed by atoms with Crippen LogP contribution >= 0.6 is 11.6 Å². The Morgan fingerprint density at radius 1 is 1.39 bits per heavy atom. The average molecular weight is 270 g/mol. The summed E-state index contributed by atoms with van der Waals surface area (Å²) in [4.78, 5) is 11.6. The van der Waals surface area contributed by atoms with Crippen molar-refractivity contribution in [1.29, 1.82) is 0 Å². The molecule has 3 nitrogen and oxygen atoms in total. The molecule has 4 heteroatoms. The molecule has 0 atom stereocenters. The molecule has 0 saturated carbocycles. The lowest BCUT2D eigenvalue weighted by molar-refractivity contribution is -0.149. The number of methoxy groups -OCH3 is 1. The summed E-state index contributed by atoms with van der Waals surface area (Å²) in [5.74, 6) is -0.240. The number of rotatable bonds is 4. The van der Waals surface area contributed by atoms with E-state index in [0.29, 0.717) is 11.6 Å². The highest BCUT2D eigenvalue weighted by atomic mass is 35.5. The third-order valence-electron chi connectivity index (χ3n) is 2.88. The first-order chi connectivity index (χ1) is 8.27. The van der Waals surface area contributed by atoms with Crippen molar-refractivity contribution in [3.8, 4) is 0 Å². The third-order valence-corrected chi connectivity index (χ3v) is 3.17. The van der Waals surface area contributed by atoms with Crippen LogP contribution in [0.2, 0.25) is 5.02 Å². The van der Waals surface area contributed by atoms with Crippen LogP contribution in [-0.4, -0.2) is 19.6 Å². The number of hydrogen-bond acceptors (Lipinski definition) is 3. The number of ether oxygens (including phenoxy) is 1. The van der Waals surface area contributed by atoms with Crippen molar-refractivity contribution in [2.45, 2.75) is 27.7 Å². The summed E-state index contributed by atoms with van der Waals surface area (Å²) in [7, 11) is 1.40. The molecule has 0 fully saturated rings. The molecule has 0 bridgehead atoms. The van der Waals surface area contributed by atoms with E-state index in [-0.39, 0.29) is 5.97 Å². The van der Waals surface area contributed by atoms with E-state index in [1.807, 2.05) is 33.8 Å². The van der Waals surface area contributed by atoms with E-state index in [1.54, 1.807) is 0 Å². The zero-order chi connectivity index (χ0) is 13.9. The average Bonchev–Trinajstić information content (AvgIpc) is 2.26. The van der Waals surface area contributed by atoms with Gasteiger partial charge in [0.05, 0.1) is 23.2 Å². The van der Waals surface area contributed by atoms with E-state index in [0.717, 1.165) is 16.8 Å². The molecular formula is C14H20ClNO2. The molecule has 0 radical (unpaired) electrons. The summed E-state index contributed by atoms with van der Waals surface area (Å²) < 4.78 is 4.77. The Balaban J connectivity index is 2.84. The fraction of sp³-hybridized carbons (Fsp3) is 0.500. The molecule has 0 spiro atoms. The second-order valence-electron chi connectivity index (χ2n) is 5.17. The second kappa shape index (κ2) is 5.61. The van der Waals surface area contributed by atoms with Crippen LogP contribution in [0.25, 0.3) is 0 Å². The number of halogens is 1. The van der Waals surface area contributed by atoms with Crippen molar-refractivity contribution in [1.82, 2.24) is 0 Å². The lowest BCUT2D eigenvalue weighted by atomic mass is 9.93. The molecule has 0 aromatic heterocycles. The molecular weight excluding hydrogens is 250 g/mol. The van der Waals surface area contributed by atoms with Gasteiger partial charge in [0.15, 0.2) is 0 Å². The SMILES string of the molecule is COC(=O)C(C)(C)CNc1c(C)cc(C)cc1Cl.